The van der Waals surface area contributed by atoms with Gasteiger partial charge < -0.3 is 5.73 Å². The minimum Gasteiger partial charge on any atom is -0.402 e. The molecular formula is C11H20N2. The van der Waals surface area contributed by atoms with E-state index in [1.807, 2.05) is 0 Å². The fourth-order valence-electron chi connectivity index (χ4n) is 2.47. The van der Waals surface area contributed by atoms with Crippen molar-refractivity contribution in [1.29, 1.82) is 0 Å². The minimum absolute atomic E-state index is 0.789. The van der Waals surface area contributed by atoms with E-state index in [4.69, 9.17) is 5.73 Å². The van der Waals surface area contributed by atoms with Crippen molar-refractivity contribution in [2.75, 3.05) is 13.1 Å². The molecule has 2 nitrogen and oxygen atoms in total. The molecule has 0 saturated carbocycles. The fourth-order valence-corrected chi connectivity index (χ4v) is 2.47. The monoisotopic (exact) mass is 180 g/mol. The third-order valence-electron chi connectivity index (χ3n) is 3.39. The molecule has 1 heterocycles. The lowest BCUT2D eigenvalue weighted by Crippen LogP contribution is -2.34. The Labute approximate surface area is 80.8 Å². The van der Waals surface area contributed by atoms with Crippen LogP contribution in [-0.2, 0) is 0 Å². The van der Waals surface area contributed by atoms with Crippen molar-refractivity contribution in [3.05, 3.63) is 11.8 Å². The molecular weight excluding hydrogens is 160 g/mol. The van der Waals surface area contributed by atoms with Crippen LogP contribution < -0.4 is 5.73 Å². The lowest BCUT2D eigenvalue weighted by Gasteiger charge is -2.29. The molecule has 13 heavy (non-hydrogen) atoms. The van der Waals surface area contributed by atoms with Gasteiger partial charge in [0, 0.05) is 18.3 Å². The summed E-state index contributed by atoms with van der Waals surface area (Å²) in [5.41, 5.74) is 6.87. The molecule has 1 aliphatic heterocycles. The Morgan fingerprint density at radius 2 is 2.31 bits per heavy atom. The van der Waals surface area contributed by atoms with Crippen LogP contribution in [0.2, 0.25) is 0 Å². The smallest absolute Gasteiger partial charge is 0.0134 e. The largest absolute Gasteiger partial charge is 0.402 e. The molecule has 2 rings (SSSR count). The van der Waals surface area contributed by atoms with E-state index in [-0.39, 0.29) is 0 Å². The highest BCUT2D eigenvalue weighted by atomic mass is 15.2. The van der Waals surface area contributed by atoms with E-state index in [2.05, 4.69) is 17.9 Å². The summed E-state index contributed by atoms with van der Waals surface area (Å²) in [6.45, 7) is 4.96. The summed E-state index contributed by atoms with van der Waals surface area (Å²) in [7, 11) is 0. The average Bonchev–Trinajstić information content (AvgIpc) is 2.53. The SMILES string of the molecule is CC1CCN(C2CC=C(N)CC2)C1. The van der Waals surface area contributed by atoms with Crippen molar-refractivity contribution in [3.63, 3.8) is 0 Å². The summed E-state index contributed by atoms with van der Waals surface area (Å²) in [6, 6.07) is 0.789. The van der Waals surface area contributed by atoms with Gasteiger partial charge >= 0.3 is 0 Å². The Morgan fingerprint density at radius 3 is 2.85 bits per heavy atom. The molecule has 0 bridgehead atoms. The van der Waals surface area contributed by atoms with E-state index in [1.54, 1.807) is 0 Å². The lowest BCUT2D eigenvalue weighted by atomic mass is 9.98. The van der Waals surface area contributed by atoms with Crippen molar-refractivity contribution in [3.8, 4) is 0 Å². The van der Waals surface area contributed by atoms with Crippen molar-refractivity contribution < 1.29 is 0 Å². The Kier molecular flexibility index (Phi) is 2.58. The topological polar surface area (TPSA) is 29.3 Å². The summed E-state index contributed by atoms with van der Waals surface area (Å²) in [5.74, 6) is 0.906. The van der Waals surface area contributed by atoms with Crippen LogP contribution in [0.3, 0.4) is 0 Å². The van der Waals surface area contributed by atoms with Gasteiger partial charge in [0.2, 0.25) is 0 Å². The highest BCUT2D eigenvalue weighted by molar-refractivity contribution is 5.04. The van der Waals surface area contributed by atoms with Crippen LogP contribution in [0.15, 0.2) is 11.8 Å². The maximum atomic E-state index is 5.77. The first-order valence-electron chi connectivity index (χ1n) is 5.44. The molecule has 2 N–H and O–H groups in total. The molecule has 2 aliphatic rings. The molecule has 1 fully saturated rings. The molecule has 1 saturated heterocycles. The second-order valence-electron chi connectivity index (χ2n) is 4.60. The maximum absolute atomic E-state index is 5.77. The van der Waals surface area contributed by atoms with Gasteiger partial charge in [0.1, 0.15) is 0 Å². The van der Waals surface area contributed by atoms with Crippen molar-refractivity contribution in [2.24, 2.45) is 11.7 Å². The summed E-state index contributed by atoms with van der Waals surface area (Å²) in [5, 5.41) is 0. The molecule has 0 radical (unpaired) electrons. The Balaban J connectivity index is 1.88. The van der Waals surface area contributed by atoms with E-state index in [1.165, 1.54) is 32.4 Å². The molecule has 0 aromatic heterocycles. The van der Waals surface area contributed by atoms with Gasteiger partial charge in [0.25, 0.3) is 0 Å². The standard InChI is InChI=1S/C11H20N2/c1-9-6-7-13(8-9)11-4-2-10(12)3-5-11/h2,9,11H,3-8,12H2,1H3. The zero-order valence-corrected chi connectivity index (χ0v) is 8.50. The molecule has 1 aliphatic carbocycles. The Bertz CT molecular complexity index is 210. The zero-order chi connectivity index (χ0) is 9.26. The third-order valence-corrected chi connectivity index (χ3v) is 3.39. The number of hydrogen-bond donors (Lipinski definition) is 1. The summed E-state index contributed by atoms with van der Waals surface area (Å²) in [6.07, 6.45) is 7.16. The van der Waals surface area contributed by atoms with E-state index >= 15 is 0 Å². The highest BCUT2D eigenvalue weighted by Crippen LogP contribution is 2.25. The van der Waals surface area contributed by atoms with E-state index in [0.717, 1.165) is 24.1 Å². The number of nitrogens with zero attached hydrogens (tertiary/aromatic N) is 1. The first-order valence-corrected chi connectivity index (χ1v) is 5.44. The Morgan fingerprint density at radius 1 is 1.46 bits per heavy atom. The van der Waals surface area contributed by atoms with Crippen LogP contribution in [0, 0.1) is 5.92 Å². The van der Waals surface area contributed by atoms with Gasteiger partial charge in [-0.25, -0.2) is 0 Å². The van der Waals surface area contributed by atoms with Crippen molar-refractivity contribution >= 4 is 0 Å². The minimum atomic E-state index is 0.789. The van der Waals surface area contributed by atoms with Gasteiger partial charge in [-0.15, -0.1) is 0 Å². The van der Waals surface area contributed by atoms with Crippen LogP contribution in [0.5, 0.6) is 0 Å². The second kappa shape index (κ2) is 3.70. The number of rotatable bonds is 1. The zero-order valence-electron chi connectivity index (χ0n) is 8.50. The summed E-state index contributed by atoms with van der Waals surface area (Å²) in [4.78, 5) is 2.65. The predicted octanol–water partition coefficient (Wildman–Crippen LogP) is 1.72. The maximum Gasteiger partial charge on any atom is 0.0134 e. The van der Waals surface area contributed by atoms with Crippen LogP contribution in [0.4, 0.5) is 0 Å². The molecule has 0 aromatic rings. The number of allylic oxidation sites excluding steroid dienone is 1. The van der Waals surface area contributed by atoms with Gasteiger partial charge in [0.15, 0.2) is 0 Å². The van der Waals surface area contributed by atoms with Gasteiger partial charge in [-0.1, -0.05) is 13.0 Å². The van der Waals surface area contributed by atoms with Crippen LogP contribution in [-0.4, -0.2) is 24.0 Å². The van der Waals surface area contributed by atoms with Crippen LogP contribution >= 0.6 is 0 Å². The molecule has 2 atom stereocenters. The third kappa shape index (κ3) is 2.05. The molecule has 74 valence electrons. The first-order chi connectivity index (χ1) is 6.25. The predicted molar refractivity (Wildman–Crippen MR) is 55.3 cm³/mol. The molecule has 0 spiro atoms. The van der Waals surface area contributed by atoms with Gasteiger partial charge in [-0.2, -0.15) is 0 Å². The molecule has 2 unspecified atom stereocenters. The van der Waals surface area contributed by atoms with Crippen LogP contribution in [0.25, 0.3) is 0 Å². The molecule has 2 heteroatoms. The van der Waals surface area contributed by atoms with Gasteiger partial charge in [-0.3, -0.25) is 4.90 Å². The Hall–Kier alpha value is -0.500. The van der Waals surface area contributed by atoms with Crippen molar-refractivity contribution in [1.82, 2.24) is 4.90 Å². The normalized spacial score (nSPS) is 36.2. The summed E-state index contributed by atoms with van der Waals surface area (Å²) < 4.78 is 0. The fraction of sp³-hybridized carbons (Fsp3) is 0.818. The average molecular weight is 180 g/mol. The molecule has 0 amide bonds. The lowest BCUT2D eigenvalue weighted by molar-refractivity contribution is 0.219. The number of likely N-dealkylation sites (tertiary alicyclic amines) is 1. The van der Waals surface area contributed by atoms with Crippen molar-refractivity contribution in [2.45, 2.75) is 38.6 Å². The van der Waals surface area contributed by atoms with E-state index < -0.39 is 0 Å². The highest BCUT2D eigenvalue weighted by Gasteiger charge is 2.26. The number of nitrogens with two attached hydrogens (primary N) is 1. The molecule has 0 aromatic carbocycles. The van der Waals surface area contributed by atoms with Gasteiger partial charge in [0.05, 0.1) is 0 Å². The van der Waals surface area contributed by atoms with Gasteiger partial charge in [-0.05, 0) is 38.1 Å². The van der Waals surface area contributed by atoms with Crippen LogP contribution in [0.1, 0.15) is 32.6 Å². The first kappa shape index (κ1) is 9.07. The van der Waals surface area contributed by atoms with E-state index in [0.29, 0.717) is 0 Å². The quantitative estimate of drug-likeness (QED) is 0.666. The van der Waals surface area contributed by atoms with E-state index in [9.17, 15) is 0 Å². The summed E-state index contributed by atoms with van der Waals surface area (Å²) >= 11 is 0. The second-order valence-corrected chi connectivity index (χ2v) is 4.60. The number of hydrogen-bond acceptors (Lipinski definition) is 2.